The van der Waals surface area contributed by atoms with E-state index in [9.17, 15) is 43.2 Å². The minimum Gasteiger partial charge on any atom is -0.428 e. The third-order valence-corrected chi connectivity index (χ3v) is 3.82. The minimum absolute atomic E-state index is 0. The maximum Gasteiger partial charge on any atom is 1.00 e. The number of nitrogens with zero attached hydrogens (tertiary/aromatic N) is 1. The number of hydrogen-bond donors (Lipinski definition) is 0. The molecule has 0 unspecified atom stereocenters. The van der Waals surface area contributed by atoms with Gasteiger partial charge >= 0.3 is 30.5 Å². The van der Waals surface area contributed by atoms with Gasteiger partial charge in [0.15, 0.2) is 10.0 Å². The van der Waals surface area contributed by atoms with Gasteiger partial charge < -0.3 is 4.13 Å². The zero-order chi connectivity index (χ0) is 13.4. The van der Waals surface area contributed by atoms with Crippen LogP contribution >= 0.6 is 0 Å². The molecule has 0 saturated carbocycles. The van der Waals surface area contributed by atoms with Gasteiger partial charge in [-0.25, -0.2) is 16.8 Å². The van der Waals surface area contributed by atoms with Gasteiger partial charge in [-0.05, 0) is 0 Å². The number of hydrogen-bond acceptors (Lipinski definition) is 4. The largest absolute Gasteiger partial charge is 1.00 e. The second-order valence-electron chi connectivity index (χ2n) is 2.34. The fourth-order valence-corrected chi connectivity index (χ4v) is 2.58. The Balaban J connectivity index is 0. The van der Waals surface area contributed by atoms with Gasteiger partial charge in [0.1, 0.15) is 5.75 Å². The molecule has 0 saturated heterocycles. The molecule has 0 aliphatic rings. The van der Waals surface area contributed by atoms with Crippen LogP contribution in [-0.4, -0.2) is 34.3 Å². The van der Waals surface area contributed by atoms with Gasteiger partial charge in [0.25, 0.3) is 0 Å². The molecule has 0 spiro atoms. The predicted molar refractivity (Wildman–Crippen MR) is 38.2 cm³/mol. The molecule has 0 aliphatic heterocycles. The molecule has 5 nitrogen and oxygen atoms in total. The summed E-state index contributed by atoms with van der Waals surface area (Å²) in [4.78, 5) is 0. The molecule has 0 aromatic rings. The fraction of sp³-hybridized carbons (Fsp3) is 1.00. The van der Waals surface area contributed by atoms with Crippen molar-refractivity contribution in [2.24, 2.45) is 0 Å². The molecule has 98 valence electrons. The molecule has 0 bridgehead atoms. The standard InChI is InChI=1S/C3H2F6NO4S2.Li/c4-2(5,6)1-15(11,12)10-16(13,14)3(7,8)9;/h1H2;/q-1;+1. The van der Waals surface area contributed by atoms with Gasteiger partial charge in [-0.3, -0.25) is 0 Å². The first-order valence-corrected chi connectivity index (χ1v) is 6.06. The Hall–Kier alpha value is 0.0374. The van der Waals surface area contributed by atoms with Crippen molar-refractivity contribution in [2.75, 3.05) is 5.75 Å². The molecule has 0 heterocycles. The Labute approximate surface area is 104 Å². The first-order chi connectivity index (χ1) is 6.66. The first-order valence-electron chi connectivity index (χ1n) is 3.01. The number of sulfonamides is 2. The Morgan fingerprint density at radius 1 is 0.882 bits per heavy atom. The molecule has 0 amide bonds. The van der Waals surface area contributed by atoms with E-state index in [1.807, 2.05) is 0 Å². The molecule has 0 rings (SSSR count). The third kappa shape index (κ3) is 7.14. The zero-order valence-corrected chi connectivity index (χ0v) is 9.50. The summed E-state index contributed by atoms with van der Waals surface area (Å²) in [7, 11) is -12.3. The molecule has 17 heavy (non-hydrogen) atoms. The summed E-state index contributed by atoms with van der Waals surface area (Å²) in [6.45, 7) is 0. The predicted octanol–water partition coefficient (Wildman–Crippen LogP) is -1.89. The van der Waals surface area contributed by atoms with E-state index in [1.54, 1.807) is 0 Å². The average molecular weight is 301 g/mol. The van der Waals surface area contributed by atoms with Crippen LogP contribution in [0.2, 0.25) is 0 Å². The van der Waals surface area contributed by atoms with Crippen LogP contribution < -0.4 is 18.9 Å². The summed E-state index contributed by atoms with van der Waals surface area (Å²) in [6, 6.07) is 0. The molecule has 0 aliphatic carbocycles. The van der Waals surface area contributed by atoms with E-state index in [2.05, 4.69) is 0 Å². The molecule has 14 heteroatoms. The van der Waals surface area contributed by atoms with E-state index < -0.39 is 37.5 Å². The van der Waals surface area contributed by atoms with E-state index in [0.29, 0.717) is 0 Å². The van der Waals surface area contributed by atoms with Crippen LogP contribution in [-0.2, 0) is 20.0 Å². The molecule has 0 atom stereocenters. The van der Waals surface area contributed by atoms with Crippen LogP contribution in [0.5, 0.6) is 0 Å². The van der Waals surface area contributed by atoms with Crippen LogP contribution in [0.25, 0.3) is 4.13 Å². The van der Waals surface area contributed by atoms with Crippen molar-refractivity contribution in [3.05, 3.63) is 4.13 Å². The quantitative estimate of drug-likeness (QED) is 0.451. The van der Waals surface area contributed by atoms with Gasteiger partial charge in [-0.2, -0.15) is 26.3 Å². The summed E-state index contributed by atoms with van der Waals surface area (Å²) >= 11 is 0. The second-order valence-corrected chi connectivity index (χ2v) is 5.80. The number of halogens is 6. The van der Waals surface area contributed by atoms with Crippen molar-refractivity contribution in [1.82, 2.24) is 0 Å². The first kappa shape index (κ1) is 19.4. The second kappa shape index (κ2) is 5.35. The normalized spacial score (nSPS) is 14.2. The van der Waals surface area contributed by atoms with Crippen molar-refractivity contribution < 1.29 is 62.0 Å². The van der Waals surface area contributed by atoms with Crippen LogP contribution in [0.15, 0.2) is 0 Å². The van der Waals surface area contributed by atoms with Crippen molar-refractivity contribution in [1.29, 1.82) is 0 Å². The Bertz CT molecular complexity index is 449. The van der Waals surface area contributed by atoms with Gasteiger partial charge in [0, 0.05) is 0 Å². The summed E-state index contributed by atoms with van der Waals surface area (Å²) in [5, 5.41) is 0. The van der Waals surface area contributed by atoms with Gasteiger partial charge in [-0.1, -0.05) is 0 Å². The van der Waals surface area contributed by atoms with Crippen LogP contribution in [0.4, 0.5) is 26.3 Å². The summed E-state index contributed by atoms with van der Waals surface area (Å²) in [5.41, 5.74) is -6.06. The van der Waals surface area contributed by atoms with Gasteiger partial charge in [-0.15, -0.1) is 0 Å². The van der Waals surface area contributed by atoms with Crippen molar-refractivity contribution in [2.45, 2.75) is 11.7 Å². The SMILES string of the molecule is O=S(=O)(CC(F)(F)F)[N-]S(=O)(=O)C(F)(F)F.[Li+]. The van der Waals surface area contributed by atoms with E-state index in [4.69, 9.17) is 0 Å². The fourth-order valence-electron chi connectivity index (χ4n) is 0.425. The van der Waals surface area contributed by atoms with Gasteiger partial charge in [0.05, 0.1) is 10.0 Å². The van der Waals surface area contributed by atoms with E-state index in [-0.39, 0.29) is 18.9 Å². The Morgan fingerprint density at radius 3 is 1.47 bits per heavy atom. The molecule has 0 aromatic carbocycles. The van der Waals surface area contributed by atoms with E-state index >= 15 is 0 Å². The molecule has 0 aromatic heterocycles. The average Bonchev–Trinajstić information content (AvgIpc) is 1.72. The summed E-state index contributed by atoms with van der Waals surface area (Å²) in [6.07, 6.45) is -5.39. The molecule has 0 radical (unpaired) electrons. The maximum atomic E-state index is 11.6. The maximum absolute atomic E-state index is 11.6. The molecular weight excluding hydrogens is 299 g/mol. The molecular formula is C3H2F6LiNO4S2. The smallest absolute Gasteiger partial charge is 0.428 e. The molecule has 0 fully saturated rings. The van der Waals surface area contributed by atoms with Crippen LogP contribution in [0, 0.1) is 0 Å². The van der Waals surface area contributed by atoms with Crippen LogP contribution in [0.1, 0.15) is 0 Å². The van der Waals surface area contributed by atoms with E-state index in [1.165, 1.54) is 4.13 Å². The van der Waals surface area contributed by atoms with Crippen molar-refractivity contribution >= 4 is 20.0 Å². The van der Waals surface area contributed by atoms with Crippen molar-refractivity contribution in [3.63, 3.8) is 0 Å². The summed E-state index contributed by atoms with van der Waals surface area (Å²) in [5.74, 6) is -2.78. The van der Waals surface area contributed by atoms with Crippen LogP contribution in [0.3, 0.4) is 0 Å². The Kier molecular flexibility index (Phi) is 6.10. The number of alkyl halides is 6. The Morgan fingerprint density at radius 2 is 1.24 bits per heavy atom. The minimum atomic E-state index is -6.49. The molecule has 0 N–H and O–H groups in total. The zero-order valence-electron chi connectivity index (χ0n) is 7.87. The monoisotopic (exact) mass is 301 g/mol. The van der Waals surface area contributed by atoms with Gasteiger partial charge in [0.2, 0.25) is 0 Å². The number of rotatable bonds is 3. The van der Waals surface area contributed by atoms with E-state index in [0.717, 1.165) is 0 Å². The summed E-state index contributed by atoms with van der Waals surface area (Å²) < 4.78 is 111. The topological polar surface area (TPSA) is 82.4 Å². The van der Waals surface area contributed by atoms with Crippen molar-refractivity contribution in [3.8, 4) is 0 Å². The third-order valence-electron chi connectivity index (χ3n) is 0.850.